The number of aliphatic hydroxyl groups is 1. The molecule has 0 unspecified atom stereocenters. The minimum Gasteiger partial charge on any atom is -0.396 e. The van der Waals surface area contributed by atoms with Gasteiger partial charge < -0.3 is 15.2 Å². The van der Waals surface area contributed by atoms with E-state index < -0.39 is 5.82 Å². The lowest BCUT2D eigenvalue weighted by Gasteiger charge is -2.31. The highest BCUT2D eigenvalue weighted by atomic mass is 35.5. The number of nitrogens with zero attached hydrogens (tertiary/aromatic N) is 1. The highest BCUT2D eigenvalue weighted by Crippen LogP contribution is 2.24. The molecular formula is C17H22ClFN2O3. The molecule has 0 saturated carbocycles. The average molecular weight is 357 g/mol. The van der Waals surface area contributed by atoms with Crippen LogP contribution < -0.4 is 5.32 Å². The Hall–Kier alpha value is -1.21. The van der Waals surface area contributed by atoms with Crippen LogP contribution >= 0.6 is 11.6 Å². The Kier molecular flexibility index (Phi) is 5.71. The summed E-state index contributed by atoms with van der Waals surface area (Å²) in [6.07, 6.45) is 1.96. The number of amides is 1. The van der Waals surface area contributed by atoms with Crippen molar-refractivity contribution in [2.75, 3.05) is 32.9 Å². The Bertz CT molecular complexity index is 595. The summed E-state index contributed by atoms with van der Waals surface area (Å²) in [5.41, 5.74) is 0.322. The lowest BCUT2D eigenvalue weighted by molar-refractivity contribution is 0.0398. The van der Waals surface area contributed by atoms with Crippen molar-refractivity contribution in [3.8, 4) is 0 Å². The fourth-order valence-corrected chi connectivity index (χ4v) is 3.67. The molecule has 7 heteroatoms. The monoisotopic (exact) mass is 356 g/mol. The molecule has 0 bridgehead atoms. The number of carbonyl (C=O) groups is 1. The molecule has 2 fully saturated rings. The number of hydrogen-bond donors (Lipinski definition) is 2. The zero-order valence-corrected chi connectivity index (χ0v) is 14.1. The van der Waals surface area contributed by atoms with Crippen molar-refractivity contribution in [2.24, 2.45) is 5.92 Å². The summed E-state index contributed by atoms with van der Waals surface area (Å²) in [5.74, 6) is -0.852. The molecule has 1 aromatic rings. The summed E-state index contributed by atoms with van der Waals surface area (Å²) >= 11 is 5.74. The van der Waals surface area contributed by atoms with Crippen molar-refractivity contribution in [2.45, 2.75) is 24.9 Å². The predicted molar refractivity (Wildman–Crippen MR) is 88.7 cm³/mol. The molecule has 0 aliphatic carbocycles. The lowest BCUT2D eigenvalue weighted by atomic mass is 10.0. The molecule has 1 amide bonds. The minimum atomic E-state index is -0.548. The molecule has 3 rings (SSSR count). The summed E-state index contributed by atoms with van der Waals surface area (Å²) in [5, 5.41) is 12.5. The second-order valence-corrected chi connectivity index (χ2v) is 6.86. The normalized spacial score (nSPS) is 25.8. The van der Waals surface area contributed by atoms with Crippen LogP contribution in [0.25, 0.3) is 0 Å². The SMILES string of the molecule is O=C(N[C@@H]1CN(C2CCOCC2)C[C@H]1CO)c1ccc(F)c(Cl)c1. The van der Waals surface area contributed by atoms with Gasteiger partial charge in [0.2, 0.25) is 0 Å². The number of benzene rings is 1. The Labute approximate surface area is 145 Å². The first-order chi connectivity index (χ1) is 11.6. The summed E-state index contributed by atoms with van der Waals surface area (Å²) in [6, 6.07) is 4.23. The van der Waals surface area contributed by atoms with Crippen LogP contribution in [-0.4, -0.2) is 60.9 Å². The van der Waals surface area contributed by atoms with Crippen LogP contribution in [-0.2, 0) is 4.74 Å². The topological polar surface area (TPSA) is 61.8 Å². The minimum absolute atomic E-state index is 0.00675. The van der Waals surface area contributed by atoms with Gasteiger partial charge in [-0.2, -0.15) is 0 Å². The fraction of sp³-hybridized carbons (Fsp3) is 0.588. The van der Waals surface area contributed by atoms with E-state index in [1.165, 1.54) is 18.2 Å². The van der Waals surface area contributed by atoms with Gasteiger partial charge in [0.1, 0.15) is 5.82 Å². The molecule has 2 aliphatic rings. The first kappa shape index (κ1) is 17.6. The van der Waals surface area contributed by atoms with Gasteiger partial charge in [-0.05, 0) is 31.0 Å². The van der Waals surface area contributed by atoms with E-state index in [1.807, 2.05) is 0 Å². The molecule has 1 aromatic carbocycles. The van der Waals surface area contributed by atoms with Gasteiger partial charge in [0.05, 0.1) is 5.02 Å². The molecule has 0 aromatic heterocycles. The van der Waals surface area contributed by atoms with Gasteiger partial charge >= 0.3 is 0 Å². The number of aliphatic hydroxyl groups excluding tert-OH is 1. The van der Waals surface area contributed by atoms with E-state index in [-0.39, 0.29) is 29.5 Å². The quantitative estimate of drug-likeness (QED) is 0.861. The maximum absolute atomic E-state index is 13.2. The van der Waals surface area contributed by atoms with E-state index >= 15 is 0 Å². The largest absolute Gasteiger partial charge is 0.396 e. The number of ether oxygens (including phenoxy) is 1. The standard InChI is InChI=1S/C17H22ClFN2O3/c18-14-7-11(1-2-15(14)19)17(23)20-16-9-21(8-12(16)10-22)13-3-5-24-6-4-13/h1-2,7,12-13,16,22H,3-6,8-10H2,(H,20,23)/t12-,16+/m0/s1. The van der Waals surface area contributed by atoms with Crippen molar-refractivity contribution in [3.05, 3.63) is 34.6 Å². The highest BCUT2D eigenvalue weighted by molar-refractivity contribution is 6.31. The van der Waals surface area contributed by atoms with Crippen molar-refractivity contribution in [1.29, 1.82) is 0 Å². The Morgan fingerprint density at radius 3 is 2.79 bits per heavy atom. The van der Waals surface area contributed by atoms with Crippen LogP contribution in [0, 0.1) is 11.7 Å². The van der Waals surface area contributed by atoms with Crippen LogP contribution in [0.5, 0.6) is 0 Å². The molecule has 2 saturated heterocycles. The van der Waals surface area contributed by atoms with E-state index in [0.717, 1.165) is 32.6 Å². The smallest absolute Gasteiger partial charge is 0.251 e. The first-order valence-electron chi connectivity index (χ1n) is 8.27. The van der Waals surface area contributed by atoms with Crippen molar-refractivity contribution >= 4 is 17.5 Å². The number of halogens is 2. The number of hydrogen-bond acceptors (Lipinski definition) is 4. The van der Waals surface area contributed by atoms with Gasteiger partial charge in [0.15, 0.2) is 0 Å². The Balaban J connectivity index is 1.64. The lowest BCUT2D eigenvalue weighted by Crippen LogP contribution is -2.43. The molecule has 0 spiro atoms. The summed E-state index contributed by atoms with van der Waals surface area (Å²) < 4.78 is 18.6. The number of rotatable bonds is 4. The third-order valence-electron chi connectivity index (χ3n) is 4.91. The second-order valence-electron chi connectivity index (χ2n) is 6.45. The highest BCUT2D eigenvalue weighted by Gasteiger charge is 2.37. The van der Waals surface area contributed by atoms with Crippen LogP contribution in [0.15, 0.2) is 18.2 Å². The van der Waals surface area contributed by atoms with E-state index in [4.69, 9.17) is 16.3 Å². The summed E-state index contributed by atoms with van der Waals surface area (Å²) in [6.45, 7) is 3.01. The van der Waals surface area contributed by atoms with E-state index in [1.54, 1.807) is 0 Å². The average Bonchev–Trinajstić information content (AvgIpc) is 3.01. The van der Waals surface area contributed by atoms with Crippen molar-refractivity contribution < 1.29 is 19.0 Å². The van der Waals surface area contributed by atoms with Crippen LogP contribution in [0.1, 0.15) is 23.2 Å². The van der Waals surface area contributed by atoms with Crippen LogP contribution in [0.2, 0.25) is 5.02 Å². The third-order valence-corrected chi connectivity index (χ3v) is 5.20. The summed E-state index contributed by atoms with van der Waals surface area (Å²) in [7, 11) is 0. The zero-order valence-electron chi connectivity index (χ0n) is 13.4. The molecule has 2 aliphatic heterocycles. The van der Waals surface area contributed by atoms with Gasteiger partial charge in [-0.1, -0.05) is 11.6 Å². The third kappa shape index (κ3) is 3.88. The maximum Gasteiger partial charge on any atom is 0.251 e. The number of carbonyl (C=O) groups excluding carboxylic acids is 1. The van der Waals surface area contributed by atoms with Gasteiger partial charge in [0.25, 0.3) is 5.91 Å². The summed E-state index contributed by atoms with van der Waals surface area (Å²) in [4.78, 5) is 14.7. The van der Waals surface area contributed by atoms with Crippen molar-refractivity contribution in [3.63, 3.8) is 0 Å². The molecule has 5 nitrogen and oxygen atoms in total. The number of nitrogens with one attached hydrogen (secondary N) is 1. The molecule has 2 N–H and O–H groups in total. The van der Waals surface area contributed by atoms with E-state index in [2.05, 4.69) is 10.2 Å². The van der Waals surface area contributed by atoms with Gasteiger partial charge in [-0.15, -0.1) is 0 Å². The van der Waals surface area contributed by atoms with E-state index in [0.29, 0.717) is 18.2 Å². The van der Waals surface area contributed by atoms with Gasteiger partial charge in [0, 0.05) is 56.5 Å². The molecule has 2 heterocycles. The van der Waals surface area contributed by atoms with E-state index in [9.17, 15) is 14.3 Å². The second kappa shape index (κ2) is 7.78. The van der Waals surface area contributed by atoms with Crippen LogP contribution in [0.4, 0.5) is 4.39 Å². The van der Waals surface area contributed by atoms with Crippen molar-refractivity contribution in [1.82, 2.24) is 10.2 Å². The fourth-order valence-electron chi connectivity index (χ4n) is 3.49. The van der Waals surface area contributed by atoms with Gasteiger partial charge in [-0.25, -0.2) is 4.39 Å². The molecule has 2 atom stereocenters. The molecule has 24 heavy (non-hydrogen) atoms. The van der Waals surface area contributed by atoms with Gasteiger partial charge in [-0.3, -0.25) is 9.69 Å². The van der Waals surface area contributed by atoms with Crippen LogP contribution in [0.3, 0.4) is 0 Å². The molecular weight excluding hydrogens is 335 g/mol. The Morgan fingerprint density at radius 2 is 2.12 bits per heavy atom. The zero-order chi connectivity index (χ0) is 17.1. The maximum atomic E-state index is 13.2. The predicted octanol–water partition coefficient (Wildman–Crippen LogP) is 1.68. The number of likely N-dealkylation sites (tertiary alicyclic amines) is 1. The molecule has 0 radical (unpaired) electrons. The Morgan fingerprint density at radius 1 is 1.38 bits per heavy atom. The first-order valence-corrected chi connectivity index (χ1v) is 8.65. The molecule has 132 valence electrons.